The van der Waals surface area contributed by atoms with Crippen LogP contribution in [0.2, 0.25) is 0 Å². The number of imide groups is 1. The van der Waals surface area contributed by atoms with Crippen molar-refractivity contribution in [3.05, 3.63) is 24.7 Å². The molecule has 0 aliphatic carbocycles. The van der Waals surface area contributed by atoms with Crippen LogP contribution in [-0.2, 0) is 9.59 Å². The summed E-state index contributed by atoms with van der Waals surface area (Å²) in [6.07, 6.45) is 7.56. The molecule has 0 radical (unpaired) electrons. The van der Waals surface area contributed by atoms with E-state index >= 15 is 0 Å². The van der Waals surface area contributed by atoms with Crippen molar-refractivity contribution in [2.24, 2.45) is 16.1 Å². The first-order chi connectivity index (χ1) is 12.8. The first-order valence-electron chi connectivity index (χ1n) is 9.73. The van der Waals surface area contributed by atoms with Gasteiger partial charge >= 0.3 is 0 Å². The Morgan fingerprint density at radius 2 is 1.70 bits per heavy atom. The molecular weight excluding hydrogens is 342 g/mol. The number of aliphatic imine (C=N–C) groups is 1. The number of carbonyl (C=O) groups is 2. The molecule has 2 aliphatic heterocycles. The van der Waals surface area contributed by atoms with E-state index < -0.39 is 0 Å². The Morgan fingerprint density at radius 3 is 2.30 bits per heavy atom. The SMILES string of the molecule is C=C(/N=C\C=C/N)N1CCN(CCCCN2C(=O)CC(C)(C)CC2=O)CC1. The summed E-state index contributed by atoms with van der Waals surface area (Å²) in [5.41, 5.74) is 5.09. The van der Waals surface area contributed by atoms with Crippen molar-refractivity contribution in [2.45, 2.75) is 39.5 Å². The van der Waals surface area contributed by atoms with E-state index in [1.165, 1.54) is 11.1 Å². The number of nitrogens with two attached hydrogens (primary N) is 1. The van der Waals surface area contributed by atoms with E-state index in [1.807, 2.05) is 13.8 Å². The van der Waals surface area contributed by atoms with Gasteiger partial charge in [0.05, 0.1) is 0 Å². The predicted octanol–water partition coefficient (Wildman–Crippen LogP) is 1.57. The number of piperidine rings is 1. The zero-order valence-electron chi connectivity index (χ0n) is 16.7. The number of unbranched alkanes of at least 4 members (excludes halogenated alkanes) is 1. The van der Waals surface area contributed by atoms with Gasteiger partial charge < -0.3 is 10.6 Å². The summed E-state index contributed by atoms with van der Waals surface area (Å²) in [4.78, 5) is 34.6. The number of rotatable bonds is 8. The molecule has 0 aromatic carbocycles. The van der Waals surface area contributed by atoms with Crippen molar-refractivity contribution in [3.8, 4) is 0 Å². The third-order valence-corrected chi connectivity index (χ3v) is 5.13. The molecular formula is C20H33N5O2. The lowest BCUT2D eigenvalue weighted by Gasteiger charge is -2.36. The van der Waals surface area contributed by atoms with Gasteiger partial charge in [0, 0.05) is 51.8 Å². The Morgan fingerprint density at radius 1 is 1.11 bits per heavy atom. The van der Waals surface area contributed by atoms with Gasteiger partial charge in [-0.3, -0.25) is 19.4 Å². The molecule has 7 heteroatoms. The van der Waals surface area contributed by atoms with Gasteiger partial charge in [0.25, 0.3) is 0 Å². The van der Waals surface area contributed by atoms with Crippen molar-refractivity contribution >= 4 is 18.0 Å². The first-order valence-corrected chi connectivity index (χ1v) is 9.73. The summed E-state index contributed by atoms with van der Waals surface area (Å²) in [5, 5.41) is 0. The van der Waals surface area contributed by atoms with Crippen molar-refractivity contribution in [3.63, 3.8) is 0 Å². The van der Waals surface area contributed by atoms with Crippen molar-refractivity contribution in [1.29, 1.82) is 0 Å². The van der Waals surface area contributed by atoms with Crippen molar-refractivity contribution < 1.29 is 9.59 Å². The maximum absolute atomic E-state index is 12.2. The molecule has 0 saturated carbocycles. The van der Waals surface area contributed by atoms with Crippen LogP contribution in [0.15, 0.2) is 29.7 Å². The van der Waals surface area contributed by atoms with Crippen LogP contribution < -0.4 is 5.73 Å². The number of piperazine rings is 1. The summed E-state index contributed by atoms with van der Waals surface area (Å²) < 4.78 is 0. The second kappa shape index (κ2) is 9.69. The minimum Gasteiger partial charge on any atom is -0.405 e. The van der Waals surface area contributed by atoms with Crippen LogP contribution in [0.1, 0.15) is 39.5 Å². The Labute approximate surface area is 162 Å². The van der Waals surface area contributed by atoms with E-state index in [1.54, 1.807) is 12.3 Å². The van der Waals surface area contributed by atoms with Crippen LogP contribution in [0.3, 0.4) is 0 Å². The van der Waals surface area contributed by atoms with Crippen molar-refractivity contribution in [1.82, 2.24) is 14.7 Å². The molecule has 0 aromatic heterocycles. The molecule has 2 fully saturated rings. The Bertz CT molecular complexity index is 583. The van der Waals surface area contributed by atoms with Crippen LogP contribution in [-0.4, -0.2) is 72.0 Å². The molecule has 2 N–H and O–H groups in total. The molecule has 0 aromatic rings. The quantitative estimate of drug-likeness (QED) is 0.396. The summed E-state index contributed by atoms with van der Waals surface area (Å²) in [6.45, 7) is 13.2. The van der Waals surface area contributed by atoms with E-state index in [0.29, 0.717) is 19.4 Å². The summed E-state index contributed by atoms with van der Waals surface area (Å²) in [6, 6.07) is 0. The Kier molecular flexibility index (Phi) is 7.59. The largest absolute Gasteiger partial charge is 0.405 e. The van der Waals surface area contributed by atoms with E-state index in [-0.39, 0.29) is 17.2 Å². The number of hydrogen-bond donors (Lipinski definition) is 1. The standard InChI is InChI=1S/C20H33N5O2/c1-17(22-8-6-7-21)24-13-11-23(12-14-24)9-4-5-10-25-18(26)15-20(2,3)16-19(25)27/h6-8H,1,4-5,9-16,21H2,2-3H3/b7-6-,22-8-. The van der Waals surface area contributed by atoms with Gasteiger partial charge in [0.2, 0.25) is 11.8 Å². The summed E-state index contributed by atoms with van der Waals surface area (Å²) >= 11 is 0. The van der Waals surface area contributed by atoms with Gasteiger partial charge in [-0.15, -0.1) is 0 Å². The minimum absolute atomic E-state index is 0.0200. The monoisotopic (exact) mass is 375 g/mol. The van der Waals surface area contributed by atoms with Gasteiger partial charge in [-0.25, -0.2) is 4.99 Å². The number of carbonyl (C=O) groups excluding carboxylic acids is 2. The molecule has 0 atom stereocenters. The highest BCUT2D eigenvalue weighted by atomic mass is 16.2. The van der Waals surface area contributed by atoms with Gasteiger partial charge in [-0.2, -0.15) is 0 Å². The van der Waals surface area contributed by atoms with Gasteiger partial charge in [0.1, 0.15) is 5.82 Å². The molecule has 7 nitrogen and oxygen atoms in total. The molecule has 2 rings (SSSR count). The third kappa shape index (κ3) is 6.50. The highest BCUT2D eigenvalue weighted by Gasteiger charge is 2.36. The normalized spacial score (nSPS) is 21.6. The molecule has 0 bridgehead atoms. The zero-order chi connectivity index (χ0) is 19.9. The maximum Gasteiger partial charge on any atom is 0.229 e. The molecule has 2 amide bonds. The first kappa shape index (κ1) is 21.2. The lowest BCUT2D eigenvalue weighted by molar-refractivity contribution is -0.152. The number of hydrogen-bond acceptors (Lipinski definition) is 6. The maximum atomic E-state index is 12.2. The fourth-order valence-electron chi connectivity index (χ4n) is 3.56. The van der Waals surface area contributed by atoms with Crippen LogP contribution in [0.4, 0.5) is 0 Å². The van der Waals surface area contributed by atoms with Gasteiger partial charge in [-0.05, 0) is 37.1 Å². The smallest absolute Gasteiger partial charge is 0.229 e. The number of nitrogens with zero attached hydrogens (tertiary/aromatic N) is 4. The van der Waals surface area contributed by atoms with E-state index in [2.05, 4.69) is 21.4 Å². The van der Waals surface area contributed by atoms with E-state index in [0.717, 1.165) is 51.4 Å². The molecule has 2 aliphatic rings. The Balaban J connectivity index is 1.64. The minimum atomic E-state index is -0.195. The lowest BCUT2D eigenvalue weighted by Crippen LogP contribution is -2.47. The van der Waals surface area contributed by atoms with E-state index in [4.69, 9.17) is 5.73 Å². The second-order valence-corrected chi connectivity index (χ2v) is 8.07. The third-order valence-electron chi connectivity index (χ3n) is 5.13. The van der Waals surface area contributed by atoms with Gasteiger partial charge in [-0.1, -0.05) is 20.4 Å². The lowest BCUT2D eigenvalue weighted by atomic mass is 9.82. The second-order valence-electron chi connectivity index (χ2n) is 8.07. The molecule has 150 valence electrons. The van der Waals surface area contributed by atoms with Crippen molar-refractivity contribution in [2.75, 3.05) is 39.3 Å². The summed E-state index contributed by atoms with van der Waals surface area (Å²) in [7, 11) is 0. The van der Waals surface area contributed by atoms with Crippen LogP contribution in [0.25, 0.3) is 0 Å². The fraction of sp³-hybridized carbons (Fsp3) is 0.650. The van der Waals surface area contributed by atoms with Crippen LogP contribution in [0.5, 0.6) is 0 Å². The van der Waals surface area contributed by atoms with Crippen LogP contribution >= 0.6 is 0 Å². The average molecular weight is 376 g/mol. The molecule has 2 saturated heterocycles. The molecule has 2 heterocycles. The molecule has 0 unspecified atom stereocenters. The molecule has 0 spiro atoms. The van der Waals surface area contributed by atoms with Gasteiger partial charge in [0.15, 0.2) is 0 Å². The molecule has 27 heavy (non-hydrogen) atoms. The Hall–Kier alpha value is -2.15. The number of amides is 2. The van der Waals surface area contributed by atoms with Crippen LogP contribution in [0, 0.1) is 5.41 Å². The topological polar surface area (TPSA) is 82.2 Å². The zero-order valence-corrected chi connectivity index (χ0v) is 16.7. The summed E-state index contributed by atoms with van der Waals surface area (Å²) in [5.74, 6) is 0.722. The highest BCUT2D eigenvalue weighted by molar-refractivity contribution is 5.98. The van der Waals surface area contributed by atoms with E-state index in [9.17, 15) is 9.59 Å². The average Bonchev–Trinajstić information content (AvgIpc) is 2.60. The number of allylic oxidation sites excluding steroid dienone is 1. The highest BCUT2D eigenvalue weighted by Crippen LogP contribution is 2.31. The fourth-order valence-corrected chi connectivity index (χ4v) is 3.56. The number of likely N-dealkylation sites (tertiary alicyclic amines) is 1. The predicted molar refractivity (Wildman–Crippen MR) is 108 cm³/mol.